The summed E-state index contributed by atoms with van der Waals surface area (Å²) in [6.07, 6.45) is 2.35. The Morgan fingerprint density at radius 1 is 1.17 bits per heavy atom. The number of carbonyl (C=O) groups excluding carboxylic acids is 4. The van der Waals surface area contributed by atoms with Gasteiger partial charge >= 0.3 is 0 Å². The zero-order valence-electron chi connectivity index (χ0n) is 13.0. The van der Waals surface area contributed by atoms with Crippen molar-refractivity contribution < 1.29 is 19.2 Å². The normalized spacial score (nSPS) is 25.2. The fraction of sp³-hybridized carbons (Fsp3) is 0.714. The number of piperidine rings is 1. The standard InChI is InChI=1S/C14H23N5O4/c15-9(3-4-10(16)20)12(22)19-6-2-1-5-14(19)8-18(13(14)23)7-11(17)21/h9H,1-8,15H2,(H2,16,20)(H2,17,21)/t9-,14?/m0/s1. The number of β-lactam (4-membered cyclic amide) rings is 1. The van der Waals surface area contributed by atoms with Gasteiger partial charge in [0.15, 0.2) is 0 Å². The highest BCUT2D eigenvalue weighted by Gasteiger charge is 2.58. The van der Waals surface area contributed by atoms with Gasteiger partial charge in [0.2, 0.25) is 17.7 Å². The molecule has 0 aromatic rings. The lowest BCUT2D eigenvalue weighted by Gasteiger charge is -2.56. The van der Waals surface area contributed by atoms with Crippen molar-refractivity contribution in [3.63, 3.8) is 0 Å². The molecule has 2 heterocycles. The van der Waals surface area contributed by atoms with Crippen LogP contribution >= 0.6 is 0 Å². The molecule has 1 unspecified atom stereocenters. The summed E-state index contributed by atoms with van der Waals surface area (Å²) in [5.74, 6) is -1.71. The first-order valence-electron chi connectivity index (χ1n) is 7.71. The molecule has 9 nitrogen and oxygen atoms in total. The van der Waals surface area contributed by atoms with E-state index in [1.807, 2.05) is 0 Å². The molecule has 1 spiro atoms. The Morgan fingerprint density at radius 2 is 1.87 bits per heavy atom. The number of nitrogens with zero attached hydrogens (tertiary/aromatic N) is 2. The van der Waals surface area contributed by atoms with Crippen LogP contribution in [0.5, 0.6) is 0 Å². The maximum Gasteiger partial charge on any atom is 0.250 e. The number of hydrogen-bond acceptors (Lipinski definition) is 5. The number of likely N-dealkylation sites (tertiary alicyclic amines) is 2. The average Bonchev–Trinajstić information content (AvgIpc) is 2.51. The van der Waals surface area contributed by atoms with Crippen molar-refractivity contribution >= 4 is 23.6 Å². The van der Waals surface area contributed by atoms with Gasteiger partial charge in [-0.1, -0.05) is 0 Å². The fourth-order valence-corrected chi connectivity index (χ4v) is 3.34. The minimum absolute atomic E-state index is 0.0233. The van der Waals surface area contributed by atoms with Gasteiger partial charge in [-0.05, 0) is 25.7 Å². The van der Waals surface area contributed by atoms with Gasteiger partial charge in [-0.15, -0.1) is 0 Å². The van der Waals surface area contributed by atoms with Crippen molar-refractivity contribution in [1.29, 1.82) is 0 Å². The second-order valence-corrected chi connectivity index (χ2v) is 6.22. The van der Waals surface area contributed by atoms with E-state index in [1.54, 1.807) is 0 Å². The lowest BCUT2D eigenvalue weighted by atomic mass is 9.78. The van der Waals surface area contributed by atoms with Crippen LogP contribution < -0.4 is 17.2 Å². The molecule has 0 aliphatic carbocycles. The predicted octanol–water partition coefficient (Wildman–Crippen LogP) is -2.34. The van der Waals surface area contributed by atoms with Crippen LogP contribution in [0.2, 0.25) is 0 Å². The van der Waals surface area contributed by atoms with Crippen molar-refractivity contribution in [1.82, 2.24) is 9.80 Å². The van der Waals surface area contributed by atoms with Crippen molar-refractivity contribution in [2.24, 2.45) is 17.2 Å². The van der Waals surface area contributed by atoms with Gasteiger partial charge in [0.25, 0.3) is 5.91 Å². The van der Waals surface area contributed by atoms with E-state index in [4.69, 9.17) is 17.2 Å². The van der Waals surface area contributed by atoms with Crippen LogP contribution in [-0.4, -0.2) is 64.6 Å². The first kappa shape index (κ1) is 17.2. The number of rotatable bonds is 6. The van der Waals surface area contributed by atoms with Crippen LogP contribution in [-0.2, 0) is 19.2 Å². The number of primary amides is 2. The first-order chi connectivity index (χ1) is 10.8. The topological polar surface area (TPSA) is 153 Å². The molecule has 0 aromatic carbocycles. The third-order valence-corrected chi connectivity index (χ3v) is 4.51. The maximum atomic E-state index is 12.6. The summed E-state index contributed by atoms with van der Waals surface area (Å²) in [5, 5.41) is 0. The molecule has 0 aromatic heterocycles. The number of carbonyl (C=O) groups is 4. The summed E-state index contributed by atoms with van der Waals surface area (Å²) in [6.45, 7) is 0.596. The van der Waals surface area contributed by atoms with Crippen molar-refractivity contribution in [2.75, 3.05) is 19.6 Å². The summed E-state index contributed by atoms with van der Waals surface area (Å²) in [5.41, 5.74) is 15.1. The lowest BCUT2D eigenvalue weighted by molar-refractivity contribution is -0.176. The molecule has 128 valence electrons. The minimum atomic E-state index is -0.908. The number of amides is 4. The van der Waals surface area contributed by atoms with Crippen molar-refractivity contribution in [3.05, 3.63) is 0 Å². The van der Waals surface area contributed by atoms with Crippen LogP contribution in [0.4, 0.5) is 0 Å². The molecule has 2 fully saturated rings. The van der Waals surface area contributed by atoms with Crippen molar-refractivity contribution in [2.45, 2.75) is 43.7 Å². The van der Waals surface area contributed by atoms with E-state index in [9.17, 15) is 19.2 Å². The predicted molar refractivity (Wildman–Crippen MR) is 80.5 cm³/mol. The molecule has 23 heavy (non-hydrogen) atoms. The highest BCUT2D eigenvalue weighted by atomic mass is 16.2. The largest absolute Gasteiger partial charge is 0.370 e. The molecular weight excluding hydrogens is 302 g/mol. The number of hydrogen-bond donors (Lipinski definition) is 3. The lowest BCUT2D eigenvalue weighted by Crippen LogP contribution is -2.77. The highest BCUT2D eigenvalue weighted by molar-refractivity contribution is 5.99. The van der Waals surface area contributed by atoms with Gasteiger partial charge in [0, 0.05) is 13.0 Å². The molecule has 9 heteroatoms. The van der Waals surface area contributed by atoms with Gasteiger partial charge in [0.1, 0.15) is 5.54 Å². The third-order valence-electron chi connectivity index (χ3n) is 4.51. The third kappa shape index (κ3) is 3.29. The summed E-state index contributed by atoms with van der Waals surface area (Å²) in [7, 11) is 0. The Morgan fingerprint density at radius 3 is 2.43 bits per heavy atom. The molecule has 2 atom stereocenters. The van der Waals surface area contributed by atoms with E-state index in [1.165, 1.54) is 9.80 Å². The Balaban J connectivity index is 2.07. The van der Waals surface area contributed by atoms with Crippen LogP contribution in [0, 0.1) is 0 Å². The smallest absolute Gasteiger partial charge is 0.250 e. The average molecular weight is 325 g/mol. The van der Waals surface area contributed by atoms with E-state index in [0.29, 0.717) is 19.5 Å². The summed E-state index contributed by atoms with van der Waals surface area (Å²) >= 11 is 0. The Bertz CT molecular complexity index is 537. The summed E-state index contributed by atoms with van der Waals surface area (Å²) < 4.78 is 0. The molecule has 0 saturated carbocycles. The van der Waals surface area contributed by atoms with Crippen molar-refractivity contribution in [3.8, 4) is 0 Å². The molecule has 2 aliphatic rings. The van der Waals surface area contributed by atoms with E-state index >= 15 is 0 Å². The maximum absolute atomic E-state index is 12.6. The minimum Gasteiger partial charge on any atom is -0.370 e. The molecule has 4 amide bonds. The van der Waals surface area contributed by atoms with Crippen LogP contribution in [0.3, 0.4) is 0 Å². The number of nitrogens with two attached hydrogens (primary N) is 3. The SMILES string of the molecule is NC(=O)CC[C@H](N)C(=O)N1CCCCC12CN(CC(N)=O)C2=O. The molecule has 0 radical (unpaired) electrons. The van der Waals surface area contributed by atoms with Gasteiger partial charge in [-0.3, -0.25) is 19.2 Å². The van der Waals surface area contributed by atoms with E-state index in [-0.39, 0.29) is 31.2 Å². The van der Waals surface area contributed by atoms with E-state index in [2.05, 4.69) is 0 Å². The quantitative estimate of drug-likeness (QED) is 0.467. The van der Waals surface area contributed by atoms with Gasteiger partial charge < -0.3 is 27.0 Å². The van der Waals surface area contributed by atoms with Gasteiger partial charge in [-0.2, -0.15) is 0 Å². The second-order valence-electron chi connectivity index (χ2n) is 6.22. The zero-order chi connectivity index (χ0) is 17.2. The summed E-state index contributed by atoms with van der Waals surface area (Å²) in [4.78, 5) is 49.7. The first-order valence-corrected chi connectivity index (χ1v) is 7.71. The second kappa shape index (κ2) is 6.53. The Kier molecular flexibility index (Phi) is 4.88. The fourth-order valence-electron chi connectivity index (χ4n) is 3.34. The molecular formula is C14H23N5O4. The molecule has 2 saturated heterocycles. The van der Waals surface area contributed by atoms with Crippen LogP contribution in [0.25, 0.3) is 0 Å². The van der Waals surface area contributed by atoms with Crippen LogP contribution in [0.1, 0.15) is 32.1 Å². The highest BCUT2D eigenvalue weighted by Crippen LogP contribution is 2.38. The Labute approximate surface area is 134 Å². The summed E-state index contributed by atoms with van der Waals surface area (Å²) in [6, 6.07) is -0.865. The zero-order valence-corrected chi connectivity index (χ0v) is 13.0. The van der Waals surface area contributed by atoms with E-state index in [0.717, 1.165) is 12.8 Å². The molecule has 2 aliphatic heterocycles. The van der Waals surface area contributed by atoms with Crippen LogP contribution in [0.15, 0.2) is 0 Å². The molecule has 0 bridgehead atoms. The van der Waals surface area contributed by atoms with E-state index < -0.39 is 23.4 Å². The molecule has 2 rings (SSSR count). The molecule has 6 N–H and O–H groups in total. The van der Waals surface area contributed by atoms with Gasteiger partial charge in [0.05, 0.1) is 19.1 Å². The Hall–Kier alpha value is -2.16. The monoisotopic (exact) mass is 325 g/mol. The van der Waals surface area contributed by atoms with Gasteiger partial charge in [-0.25, -0.2) is 0 Å².